The first-order valence-electron chi connectivity index (χ1n) is 6.06. The summed E-state index contributed by atoms with van der Waals surface area (Å²) < 4.78 is 10.5. The minimum atomic E-state index is -0.568. The number of rotatable bonds is 3. The third kappa shape index (κ3) is 4.14. The van der Waals surface area contributed by atoms with Gasteiger partial charge >= 0.3 is 6.09 Å². The quantitative estimate of drug-likeness (QED) is 0.721. The fourth-order valence-electron chi connectivity index (χ4n) is 1.69. The number of carbonyl (C=O) groups excluding carboxylic acids is 2. The molecule has 1 aliphatic rings. The predicted molar refractivity (Wildman–Crippen MR) is 67.4 cm³/mol. The summed E-state index contributed by atoms with van der Waals surface area (Å²) in [5.74, 6) is -0.0736. The third-order valence-corrected chi connectivity index (χ3v) is 2.47. The summed E-state index contributed by atoms with van der Waals surface area (Å²) in [6.07, 6.45) is 1.30. The van der Waals surface area contributed by atoms with Crippen molar-refractivity contribution in [3.05, 3.63) is 12.7 Å². The van der Waals surface area contributed by atoms with Crippen LogP contribution in [-0.4, -0.2) is 48.2 Å². The molecule has 1 saturated heterocycles. The highest BCUT2D eigenvalue weighted by Crippen LogP contribution is 2.16. The molecule has 0 N–H and O–H groups in total. The highest BCUT2D eigenvalue weighted by Gasteiger charge is 2.34. The van der Waals surface area contributed by atoms with Gasteiger partial charge in [0, 0.05) is 13.0 Å². The van der Waals surface area contributed by atoms with Crippen LogP contribution in [0.4, 0.5) is 4.79 Å². The number of nitrogens with zero attached hydrogens (tertiary/aromatic N) is 1. The second-order valence-corrected chi connectivity index (χ2v) is 5.22. The number of allylic oxidation sites excluding steroid dienone is 1. The molecule has 102 valence electrons. The van der Waals surface area contributed by atoms with E-state index < -0.39 is 17.7 Å². The maximum atomic E-state index is 12.0. The Bertz CT molecular complexity index is 332. The molecular formula is C13H21NO4. The second kappa shape index (κ2) is 6.00. The zero-order valence-electron chi connectivity index (χ0n) is 11.3. The summed E-state index contributed by atoms with van der Waals surface area (Å²) in [4.78, 5) is 25.3. The van der Waals surface area contributed by atoms with E-state index in [1.54, 1.807) is 20.8 Å². The van der Waals surface area contributed by atoms with Crippen molar-refractivity contribution in [2.24, 2.45) is 0 Å². The molecule has 1 unspecified atom stereocenters. The van der Waals surface area contributed by atoms with Gasteiger partial charge in [-0.1, -0.05) is 6.08 Å². The number of Topliss-reactive ketones (excluding diaryl/α,β-unsaturated/α-hetero) is 1. The maximum absolute atomic E-state index is 12.0. The molecule has 0 aliphatic carbocycles. The van der Waals surface area contributed by atoms with E-state index in [0.717, 1.165) is 0 Å². The average Bonchev–Trinajstić information content (AvgIpc) is 2.27. The van der Waals surface area contributed by atoms with Crippen LogP contribution < -0.4 is 0 Å². The van der Waals surface area contributed by atoms with Crippen LogP contribution in [0.25, 0.3) is 0 Å². The summed E-state index contributed by atoms with van der Waals surface area (Å²) >= 11 is 0. The summed E-state index contributed by atoms with van der Waals surface area (Å²) in [6, 6.07) is -0.563. The zero-order chi connectivity index (χ0) is 13.8. The molecule has 1 heterocycles. The van der Waals surface area contributed by atoms with E-state index >= 15 is 0 Å². The molecule has 1 rings (SSSR count). The lowest BCUT2D eigenvalue weighted by Gasteiger charge is -2.35. The fraction of sp³-hybridized carbons (Fsp3) is 0.692. The third-order valence-electron chi connectivity index (χ3n) is 2.47. The standard InChI is InChI=1S/C13H21NO4/c1-5-6-11(15)10-9-17-8-7-14(10)12(16)18-13(2,3)4/h5,10H,1,6-9H2,2-4H3. The SMILES string of the molecule is C=CCC(=O)C1COCCN1C(=O)OC(C)(C)C. The van der Waals surface area contributed by atoms with Gasteiger partial charge in [-0.3, -0.25) is 9.69 Å². The Morgan fingerprint density at radius 2 is 2.17 bits per heavy atom. The van der Waals surface area contributed by atoms with Gasteiger partial charge in [-0.2, -0.15) is 0 Å². The maximum Gasteiger partial charge on any atom is 0.411 e. The van der Waals surface area contributed by atoms with Gasteiger partial charge in [0.2, 0.25) is 0 Å². The number of ketones is 1. The summed E-state index contributed by atoms with van der Waals surface area (Å²) in [6.45, 7) is 9.95. The van der Waals surface area contributed by atoms with Crippen molar-refractivity contribution in [2.45, 2.75) is 38.8 Å². The Morgan fingerprint density at radius 3 is 2.72 bits per heavy atom. The number of carbonyl (C=O) groups is 2. The van der Waals surface area contributed by atoms with Crippen LogP contribution in [0.1, 0.15) is 27.2 Å². The minimum absolute atomic E-state index is 0.0736. The molecule has 0 aromatic heterocycles. The van der Waals surface area contributed by atoms with Crippen LogP contribution in [0.2, 0.25) is 0 Å². The molecule has 1 amide bonds. The molecular weight excluding hydrogens is 234 g/mol. The topological polar surface area (TPSA) is 55.8 Å². The molecule has 0 aromatic carbocycles. The normalized spacial score (nSPS) is 20.4. The van der Waals surface area contributed by atoms with Crippen LogP contribution in [0.15, 0.2) is 12.7 Å². The van der Waals surface area contributed by atoms with Gasteiger partial charge in [0.05, 0.1) is 13.2 Å². The van der Waals surface area contributed by atoms with Gasteiger partial charge in [-0.25, -0.2) is 4.79 Å². The molecule has 0 bridgehead atoms. The Morgan fingerprint density at radius 1 is 1.50 bits per heavy atom. The van der Waals surface area contributed by atoms with Crippen LogP contribution >= 0.6 is 0 Å². The first-order valence-corrected chi connectivity index (χ1v) is 6.06. The van der Waals surface area contributed by atoms with Gasteiger partial charge in [0.15, 0.2) is 5.78 Å². The van der Waals surface area contributed by atoms with E-state index in [1.807, 2.05) is 0 Å². The van der Waals surface area contributed by atoms with Gasteiger partial charge in [0.25, 0.3) is 0 Å². The highest BCUT2D eigenvalue weighted by molar-refractivity contribution is 5.88. The molecule has 1 fully saturated rings. The molecule has 18 heavy (non-hydrogen) atoms. The van der Waals surface area contributed by atoms with Crippen molar-refractivity contribution in [2.75, 3.05) is 19.8 Å². The van der Waals surface area contributed by atoms with Crippen molar-refractivity contribution in [3.8, 4) is 0 Å². The summed E-state index contributed by atoms with van der Waals surface area (Å²) in [7, 11) is 0. The Labute approximate surface area is 108 Å². The zero-order valence-corrected chi connectivity index (χ0v) is 11.3. The van der Waals surface area contributed by atoms with E-state index in [1.165, 1.54) is 11.0 Å². The summed E-state index contributed by atoms with van der Waals surface area (Å²) in [5, 5.41) is 0. The largest absolute Gasteiger partial charge is 0.444 e. The first kappa shape index (κ1) is 14.7. The lowest BCUT2D eigenvalue weighted by molar-refractivity contribution is -0.129. The predicted octanol–water partition coefficient (Wildman–Crippen LogP) is 1.77. The second-order valence-electron chi connectivity index (χ2n) is 5.22. The molecule has 5 heteroatoms. The number of amides is 1. The molecule has 1 aliphatic heterocycles. The van der Waals surface area contributed by atoms with Crippen molar-refractivity contribution >= 4 is 11.9 Å². The summed E-state index contributed by atoms with van der Waals surface area (Å²) in [5.41, 5.74) is -0.568. The Hall–Kier alpha value is -1.36. The van der Waals surface area contributed by atoms with Crippen LogP contribution in [-0.2, 0) is 14.3 Å². The lowest BCUT2D eigenvalue weighted by atomic mass is 10.1. The average molecular weight is 255 g/mol. The molecule has 0 saturated carbocycles. The van der Waals surface area contributed by atoms with E-state index in [-0.39, 0.29) is 18.8 Å². The highest BCUT2D eigenvalue weighted by atomic mass is 16.6. The molecule has 0 spiro atoms. The van der Waals surface area contributed by atoms with Gasteiger partial charge in [-0.05, 0) is 20.8 Å². The lowest BCUT2D eigenvalue weighted by Crippen LogP contribution is -2.53. The van der Waals surface area contributed by atoms with Gasteiger partial charge < -0.3 is 9.47 Å². The molecule has 0 aromatic rings. The molecule has 0 radical (unpaired) electrons. The van der Waals surface area contributed by atoms with Crippen LogP contribution in [0, 0.1) is 0 Å². The van der Waals surface area contributed by atoms with Crippen molar-refractivity contribution in [1.29, 1.82) is 0 Å². The van der Waals surface area contributed by atoms with Crippen molar-refractivity contribution < 1.29 is 19.1 Å². The van der Waals surface area contributed by atoms with E-state index in [2.05, 4.69) is 6.58 Å². The monoisotopic (exact) mass is 255 g/mol. The van der Waals surface area contributed by atoms with Gasteiger partial charge in [0.1, 0.15) is 11.6 Å². The number of hydrogen-bond donors (Lipinski definition) is 0. The van der Waals surface area contributed by atoms with Crippen LogP contribution in [0.3, 0.4) is 0 Å². The minimum Gasteiger partial charge on any atom is -0.444 e. The van der Waals surface area contributed by atoms with E-state index in [9.17, 15) is 9.59 Å². The molecule has 5 nitrogen and oxygen atoms in total. The van der Waals surface area contributed by atoms with Crippen LogP contribution in [0.5, 0.6) is 0 Å². The van der Waals surface area contributed by atoms with Crippen molar-refractivity contribution in [3.63, 3.8) is 0 Å². The number of morpholine rings is 1. The fourth-order valence-corrected chi connectivity index (χ4v) is 1.69. The smallest absolute Gasteiger partial charge is 0.411 e. The van der Waals surface area contributed by atoms with E-state index in [4.69, 9.17) is 9.47 Å². The number of hydrogen-bond acceptors (Lipinski definition) is 4. The van der Waals surface area contributed by atoms with E-state index in [0.29, 0.717) is 13.2 Å². The van der Waals surface area contributed by atoms with Gasteiger partial charge in [-0.15, -0.1) is 6.58 Å². The Balaban J connectivity index is 2.73. The first-order chi connectivity index (χ1) is 8.35. The van der Waals surface area contributed by atoms with Crippen molar-refractivity contribution in [1.82, 2.24) is 4.90 Å². The number of ether oxygens (including phenoxy) is 2. The Kier molecular flexibility index (Phi) is 4.90. The molecule has 1 atom stereocenters.